The van der Waals surface area contributed by atoms with Gasteiger partial charge in [-0.3, -0.25) is 9.59 Å². The average molecular weight is 322 g/mol. The van der Waals surface area contributed by atoms with Crippen molar-refractivity contribution < 1.29 is 23.8 Å². The minimum Gasteiger partial charge on any atom is -0.466 e. The van der Waals surface area contributed by atoms with Gasteiger partial charge in [0, 0.05) is 18.3 Å². The van der Waals surface area contributed by atoms with Crippen LogP contribution in [0.1, 0.15) is 52.9 Å². The molecule has 0 radical (unpaired) electrons. The van der Waals surface area contributed by atoms with Crippen molar-refractivity contribution >= 4 is 11.8 Å². The van der Waals surface area contributed by atoms with Crippen molar-refractivity contribution in [1.82, 2.24) is 0 Å². The van der Waals surface area contributed by atoms with E-state index >= 15 is 0 Å². The van der Waals surface area contributed by atoms with E-state index in [2.05, 4.69) is 13.0 Å². The van der Waals surface area contributed by atoms with Crippen molar-refractivity contribution in [1.29, 1.82) is 0 Å². The van der Waals surface area contributed by atoms with E-state index in [-0.39, 0.29) is 23.6 Å². The Morgan fingerprint density at radius 1 is 1.26 bits per heavy atom. The highest BCUT2D eigenvalue weighted by molar-refractivity contribution is 5.93. The molecule has 0 aromatic heterocycles. The van der Waals surface area contributed by atoms with E-state index in [1.807, 2.05) is 6.92 Å². The maximum atomic E-state index is 12.7. The van der Waals surface area contributed by atoms with Crippen LogP contribution in [-0.4, -0.2) is 37.4 Å². The molecule has 1 saturated heterocycles. The second-order valence-corrected chi connectivity index (χ2v) is 7.18. The fourth-order valence-electron chi connectivity index (χ4n) is 4.67. The Morgan fingerprint density at radius 2 is 1.96 bits per heavy atom. The third kappa shape index (κ3) is 2.36. The molecule has 5 heteroatoms. The molecule has 0 aromatic rings. The van der Waals surface area contributed by atoms with Crippen LogP contribution in [-0.2, 0) is 23.8 Å². The molecule has 1 spiro atoms. The molecule has 2 fully saturated rings. The zero-order valence-electron chi connectivity index (χ0n) is 14.3. The second kappa shape index (κ2) is 5.71. The van der Waals surface area contributed by atoms with Gasteiger partial charge in [0.2, 0.25) is 0 Å². The maximum Gasteiger partial charge on any atom is 0.307 e. The van der Waals surface area contributed by atoms with E-state index in [0.717, 1.165) is 18.4 Å². The first-order chi connectivity index (χ1) is 10.9. The van der Waals surface area contributed by atoms with Crippen LogP contribution in [0.3, 0.4) is 0 Å². The first-order valence-electron chi connectivity index (χ1n) is 8.56. The molecule has 23 heavy (non-hydrogen) atoms. The lowest BCUT2D eigenvalue weighted by molar-refractivity contribution is -0.237. The molecule has 2 atom stereocenters. The second-order valence-electron chi connectivity index (χ2n) is 7.18. The van der Waals surface area contributed by atoms with Crippen molar-refractivity contribution in [3.05, 3.63) is 11.6 Å². The third-order valence-corrected chi connectivity index (χ3v) is 5.88. The molecular formula is C18H26O5. The Bertz CT molecular complexity index is 546. The van der Waals surface area contributed by atoms with Gasteiger partial charge < -0.3 is 14.2 Å². The van der Waals surface area contributed by atoms with Crippen molar-refractivity contribution in [2.24, 2.45) is 10.8 Å². The lowest BCUT2D eigenvalue weighted by Gasteiger charge is -2.55. The molecule has 1 aliphatic heterocycles. The van der Waals surface area contributed by atoms with Crippen LogP contribution in [0.4, 0.5) is 0 Å². The van der Waals surface area contributed by atoms with Crippen LogP contribution in [0.5, 0.6) is 0 Å². The Kier molecular flexibility index (Phi) is 4.13. The quantitative estimate of drug-likeness (QED) is 0.590. The number of Topliss-reactive ketones (excluding diaryl/α,β-unsaturated/α-hetero) is 1. The smallest absolute Gasteiger partial charge is 0.307 e. The number of carbonyl (C=O) groups excluding carboxylic acids is 2. The van der Waals surface area contributed by atoms with Gasteiger partial charge in [-0.25, -0.2) is 0 Å². The lowest BCUT2D eigenvalue weighted by Crippen LogP contribution is -2.57. The highest BCUT2D eigenvalue weighted by atomic mass is 16.7. The monoisotopic (exact) mass is 322 g/mol. The van der Waals surface area contributed by atoms with Gasteiger partial charge in [-0.15, -0.1) is 0 Å². The number of hydrogen-bond acceptors (Lipinski definition) is 5. The summed E-state index contributed by atoms with van der Waals surface area (Å²) in [5, 5.41) is 0. The van der Waals surface area contributed by atoms with Gasteiger partial charge in [0.25, 0.3) is 0 Å². The Morgan fingerprint density at radius 3 is 2.61 bits per heavy atom. The molecule has 1 heterocycles. The van der Waals surface area contributed by atoms with Gasteiger partial charge in [-0.05, 0) is 32.3 Å². The number of carbonyl (C=O) groups is 2. The van der Waals surface area contributed by atoms with Gasteiger partial charge in [-0.1, -0.05) is 13.0 Å². The summed E-state index contributed by atoms with van der Waals surface area (Å²) in [5.41, 5.74) is -0.179. The van der Waals surface area contributed by atoms with Crippen molar-refractivity contribution in [3.8, 4) is 0 Å². The van der Waals surface area contributed by atoms with E-state index in [0.29, 0.717) is 32.7 Å². The molecule has 2 aliphatic carbocycles. The van der Waals surface area contributed by atoms with E-state index in [1.165, 1.54) is 0 Å². The predicted octanol–water partition coefficient (Wildman–Crippen LogP) is 2.78. The largest absolute Gasteiger partial charge is 0.466 e. The number of allylic oxidation sites excluding steroid dienone is 1. The Hall–Kier alpha value is -1.20. The van der Waals surface area contributed by atoms with Gasteiger partial charge >= 0.3 is 5.97 Å². The van der Waals surface area contributed by atoms with Crippen LogP contribution in [0.15, 0.2) is 11.6 Å². The fourth-order valence-corrected chi connectivity index (χ4v) is 4.67. The van der Waals surface area contributed by atoms with Crippen LogP contribution in [0.25, 0.3) is 0 Å². The summed E-state index contributed by atoms with van der Waals surface area (Å²) in [4.78, 5) is 24.8. The van der Waals surface area contributed by atoms with E-state index in [4.69, 9.17) is 14.2 Å². The van der Waals surface area contributed by atoms with Gasteiger partial charge in [0.05, 0.1) is 31.7 Å². The number of hydrogen-bond donors (Lipinski definition) is 0. The van der Waals surface area contributed by atoms with E-state index in [1.54, 1.807) is 6.92 Å². The number of fused-ring (bicyclic) bond motifs is 2. The first kappa shape index (κ1) is 16.7. The minimum absolute atomic E-state index is 0.0944. The third-order valence-electron chi connectivity index (χ3n) is 5.88. The molecule has 0 aromatic carbocycles. The Labute approximate surface area is 137 Å². The summed E-state index contributed by atoms with van der Waals surface area (Å²) >= 11 is 0. The summed E-state index contributed by atoms with van der Waals surface area (Å²) in [5.74, 6) is -0.848. The minimum atomic E-state index is -0.817. The normalized spacial score (nSPS) is 35.8. The molecule has 3 aliphatic rings. The van der Waals surface area contributed by atoms with Gasteiger partial charge in [-0.2, -0.15) is 0 Å². The van der Waals surface area contributed by atoms with Crippen molar-refractivity contribution in [2.45, 2.75) is 58.7 Å². The molecule has 0 N–H and O–H groups in total. The predicted molar refractivity (Wildman–Crippen MR) is 83.7 cm³/mol. The van der Waals surface area contributed by atoms with Crippen LogP contribution in [0.2, 0.25) is 0 Å². The lowest BCUT2D eigenvalue weighted by atomic mass is 9.52. The summed E-state index contributed by atoms with van der Waals surface area (Å²) in [7, 11) is 0. The average Bonchev–Trinajstić information content (AvgIpc) is 2.97. The summed E-state index contributed by atoms with van der Waals surface area (Å²) in [6, 6.07) is 0. The van der Waals surface area contributed by atoms with E-state index < -0.39 is 11.2 Å². The van der Waals surface area contributed by atoms with Crippen molar-refractivity contribution in [3.63, 3.8) is 0 Å². The summed E-state index contributed by atoms with van der Waals surface area (Å²) in [6.45, 7) is 7.29. The number of ketones is 1. The molecular weight excluding hydrogens is 296 g/mol. The van der Waals surface area contributed by atoms with Crippen LogP contribution in [0, 0.1) is 10.8 Å². The van der Waals surface area contributed by atoms with Gasteiger partial charge in [0.1, 0.15) is 5.78 Å². The summed E-state index contributed by atoms with van der Waals surface area (Å²) < 4.78 is 17.2. The van der Waals surface area contributed by atoms with Crippen LogP contribution < -0.4 is 0 Å². The molecule has 5 nitrogen and oxygen atoms in total. The van der Waals surface area contributed by atoms with Crippen molar-refractivity contribution in [2.75, 3.05) is 19.8 Å². The molecule has 0 amide bonds. The molecule has 0 unspecified atom stereocenters. The number of rotatable bonds is 3. The van der Waals surface area contributed by atoms with Gasteiger partial charge in [0.15, 0.2) is 5.79 Å². The standard InChI is InChI=1S/C18H26O5/c1-4-21-15(20)12-16(2)13-6-5-8-18(22-10-11-23-18)17(13,3)9-7-14(16)19/h6H,4-5,7-12H2,1-3H3/t16-,17-/m1/s1. The molecule has 128 valence electrons. The maximum absolute atomic E-state index is 12.7. The topological polar surface area (TPSA) is 61.8 Å². The number of esters is 1. The molecule has 0 bridgehead atoms. The fraction of sp³-hybridized carbons (Fsp3) is 0.778. The van der Waals surface area contributed by atoms with Crippen LogP contribution >= 0.6 is 0 Å². The molecule has 3 rings (SSSR count). The Balaban J connectivity index is 1.99. The number of ether oxygens (including phenoxy) is 3. The highest BCUT2D eigenvalue weighted by Gasteiger charge is 2.62. The zero-order valence-corrected chi connectivity index (χ0v) is 14.3. The zero-order chi connectivity index (χ0) is 16.7. The van der Waals surface area contributed by atoms with E-state index in [9.17, 15) is 9.59 Å². The summed E-state index contributed by atoms with van der Waals surface area (Å²) in [6.07, 6.45) is 4.98. The molecule has 1 saturated carbocycles. The highest BCUT2D eigenvalue weighted by Crippen LogP contribution is 2.61. The first-order valence-corrected chi connectivity index (χ1v) is 8.56. The SMILES string of the molecule is CCOC(=O)C[C@@]1(C)C(=O)CC[C@]2(C)C1=CCCC21OCCO1.